The number of aromatic nitrogens is 1. The van der Waals surface area contributed by atoms with Crippen LogP contribution in [-0.2, 0) is 11.3 Å². The summed E-state index contributed by atoms with van der Waals surface area (Å²) in [5.41, 5.74) is 1.20. The van der Waals surface area contributed by atoms with E-state index in [1.54, 1.807) is 30.3 Å². The molecule has 0 unspecified atom stereocenters. The first-order valence-electron chi connectivity index (χ1n) is 9.22. The van der Waals surface area contributed by atoms with Gasteiger partial charge in [0, 0.05) is 22.8 Å². The molecular formula is C23H12ClNO5S. The summed E-state index contributed by atoms with van der Waals surface area (Å²) in [5.74, 6) is -0.860. The Labute approximate surface area is 185 Å². The summed E-state index contributed by atoms with van der Waals surface area (Å²) in [7, 11) is 0. The molecule has 2 heterocycles. The fraction of sp³-hybridized carbons (Fsp3) is 0.0435. The Hall–Kier alpha value is -3.55. The minimum absolute atomic E-state index is 0.00271. The van der Waals surface area contributed by atoms with Crippen molar-refractivity contribution in [1.29, 1.82) is 0 Å². The van der Waals surface area contributed by atoms with Gasteiger partial charge in [0.2, 0.25) is 0 Å². The lowest BCUT2D eigenvalue weighted by atomic mass is 9.83. The van der Waals surface area contributed by atoms with Crippen LogP contribution in [0.2, 0.25) is 5.02 Å². The molecule has 0 atom stereocenters. The van der Waals surface area contributed by atoms with Crippen molar-refractivity contribution in [1.82, 2.24) is 5.16 Å². The number of hydrogen-bond donors (Lipinski definition) is 0. The highest BCUT2D eigenvalue weighted by molar-refractivity contribution is 7.13. The number of fused-ring (bicyclic) bond motifs is 2. The first-order chi connectivity index (χ1) is 15.0. The number of carbonyl (C=O) groups is 3. The molecule has 0 fully saturated rings. The first-order valence-corrected chi connectivity index (χ1v) is 10.5. The van der Waals surface area contributed by atoms with Gasteiger partial charge < -0.3 is 9.26 Å². The molecule has 152 valence electrons. The average molecular weight is 450 g/mol. The second-order valence-corrected chi connectivity index (χ2v) is 8.12. The summed E-state index contributed by atoms with van der Waals surface area (Å²) < 4.78 is 10.6. The van der Waals surface area contributed by atoms with Gasteiger partial charge in [0.15, 0.2) is 17.3 Å². The van der Waals surface area contributed by atoms with Gasteiger partial charge in [-0.05, 0) is 23.6 Å². The summed E-state index contributed by atoms with van der Waals surface area (Å²) in [6.45, 7) is -0.128. The van der Waals surface area contributed by atoms with E-state index in [0.29, 0.717) is 17.0 Å². The van der Waals surface area contributed by atoms with Gasteiger partial charge in [-0.1, -0.05) is 47.1 Å². The number of nitrogens with zero attached hydrogens (tertiary/aromatic N) is 1. The maximum Gasteiger partial charge on any atom is 0.340 e. The van der Waals surface area contributed by atoms with Crippen LogP contribution >= 0.6 is 22.9 Å². The number of ketones is 2. The van der Waals surface area contributed by atoms with E-state index in [-0.39, 0.29) is 39.7 Å². The summed E-state index contributed by atoms with van der Waals surface area (Å²) in [6.07, 6.45) is 0. The zero-order valence-corrected chi connectivity index (χ0v) is 17.3. The van der Waals surface area contributed by atoms with E-state index in [2.05, 4.69) is 5.16 Å². The Bertz CT molecular complexity index is 1360. The van der Waals surface area contributed by atoms with Gasteiger partial charge >= 0.3 is 5.97 Å². The molecule has 0 saturated heterocycles. The molecule has 0 saturated carbocycles. The Kier molecular flexibility index (Phi) is 4.77. The topological polar surface area (TPSA) is 86.5 Å². The van der Waals surface area contributed by atoms with Crippen molar-refractivity contribution in [2.24, 2.45) is 0 Å². The molecule has 0 aliphatic heterocycles. The third-order valence-corrected chi connectivity index (χ3v) is 6.20. The largest absolute Gasteiger partial charge is 0.455 e. The van der Waals surface area contributed by atoms with Crippen molar-refractivity contribution >= 4 is 40.5 Å². The predicted octanol–water partition coefficient (Wildman–Crippen LogP) is 5.19. The highest BCUT2D eigenvalue weighted by Gasteiger charge is 2.33. The molecule has 0 spiro atoms. The van der Waals surface area contributed by atoms with Crippen molar-refractivity contribution in [2.75, 3.05) is 0 Å². The molecule has 4 aromatic rings. The van der Waals surface area contributed by atoms with Crippen LogP contribution in [-0.4, -0.2) is 22.7 Å². The van der Waals surface area contributed by atoms with E-state index in [4.69, 9.17) is 20.9 Å². The molecule has 2 aromatic heterocycles. The fourth-order valence-electron chi connectivity index (χ4n) is 3.44. The minimum atomic E-state index is -0.729. The molecule has 8 heteroatoms. The second-order valence-electron chi connectivity index (χ2n) is 6.79. The van der Waals surface area contributed by atoms with E-state index < -0.39 is 11.8 Å². The fourth-order valence-corrected chi connectivity index (χ4v) is 4.44. The lowest BCUT2D eigenvalue weighted by molar-refractivity contribution is 0.0464. The van der Waals surface area contributed by atoms with Crippen molar-refractivity contribution in [3.63, 3.8) is 0 Å². The molecule has 1 aliphatic rings. The SMILES string of the molecule is O=C(OCc1cc(-c2cccs2)on1)c1ccc2c(c1Cl)C(=O)c1ccccc1C2=O. The van der Waals surface area contributed by atoms with Gasteiger partial charge in [0.25, 0.3) is 0 Å². The molecule has 0 radical (unpaired) electrons. The Morgan fingerprint density at radius 3 is 2.52 bits per heavy atom. The molecule has 2 aromatic carbocycles. The van der Waals surface area contributed by atoms with Crippen molar-refractivity contribution < 1.29 is 23.6 Å². The van der Waals surface area contributed by atoms with Crippen LogP contribution < -0.4 is 0 Å². The van der Waals surface area contributed by atoms with Crippen LogP contribution in [0.3, 0.4) is 0 Å². The van der Waals surface area contributed by atoms with E-state index in [1.165, 1.54) is 23.5 Å². The third kappa shape index (κ3) is 3.28. The highest BCUT2D eigenvalue weighted by Crippen LogP contribution is 2.34. The van der Waals surface area contributed by atoms with Crippen LogP contribution in [0.4, 0.5) is 0 Å². The molecule has 31 heavy (non-hydrogen) atoms. The highest BCUT2D eigenvalue weighted by atomic mass is 35.5. The number of ether oxygens (including phenoxy) is 1. The van der Waals surface area contributed by atoms with E-state index in [0.717, 1.165) is 4.88 Å². The molecule has 6 nitrogen and oxygen atoms in total. The van der Waals surface area contributed by atoms with Crippen LogP contribution in [0.25, 0.3) is 10.6 Å². The molecule has 1 aliphatic carbocycles. The van der Waals surface area contributed by atoms with Gasteiger partial charge in [-0.2, -0.15) is 0 Å². The number of benzene rings is 2. The van der Waals surface area contributed by atoms with Gasteiger partial charge in [-0.3, -0.25) is 9.59 Å². The Morgan fingerprint density at radius 2 is 1.77 bits per heavy atom. The molecular weight excluding hydrogens is 438 g/mol. The second kappa shape index (κ2) is 7.61. The molecule has 0 amide bonds. The quantitative estimate of drug-likeness (QED) is 0.351. The van der Waals surface area contributed by atoms with Gasteiger partial charge in [-0.15, -0.1) is 11.3 Å². The smallest absolute Gasteiger partial charge is 0.340 e. The number of thiophene rings is 1. The van der Waals surface area contributed by atoms with Gasteiger partial charge in [0.1, 0.15) is 12.3 Å². The van der Waals surface area contributed by atoms with Crippen molar-refractivity contribution in [3.8, 4) is 10.6 Å². The number of halogens is 1. The van der Waals surface area contributed by atoms with Crippen LogP contribution in [0.5, 0.6) is 0 Å². The molecule has 5 rings (SSSR count). The van der Waals surface area contributed by atoms with Crippen LogP contribution in [0, 0.1) is 0 Å². The first kappa shape index (κ1) is 19.4. The lowest BCUT2D eigenvalue weighted by Gasteiger charge is -2.19. The van der Waals surface area contributed by atoms with Gasteiger partial charge in [0.05, 0.1) is 21.0 Å². The van der Waals surface area contributed by atoms with E-state index in [1.807, 2.05) is 17.5 Å². The summed E-state index contributed by atoms with van der Waals surface area (Å²) >= 11 is 7.90. The zero-order valence-electron chi connectivity index (χ0n) is 15.8. The van der Waals surface area contributed by atoms with Crippen molar-refractivity contribution in [3.05, 3.63) is 98.5 Å². The number of hydrogen-bond acceptors (Lipinski definition) is 7. The predicted molar refractivity (Wildman–Crippen MR) is 114 cm³/mol. The van der Waals surface area contributed by atoms with Crippen LogP contribution in [0.15, 0.2) is 64.5 Å². The normalized spacial score (nSPS) is 12.4. The molecule has 0 bridgehead atoms. The maximum atomic E-state index is 12.9. The zero-order chi connectivity index (χ0) is 21.5. The van der Waals surface area contributed by atoms with E-state index in [9.17, 15) is 14.4 Å². The van der Waals surface area contributed by atoms with E-state index >= 15 is 0 Å². The average Bonchev–Trinajstić information content (AvgIpc) is 3.47. The van der Waals surface area contributed by atoms with Gasteiger partial charge in [-0.25, -0.2) is 4.79 Å². The minimum Gasteiger partial charge on any atom is -0.455 e. The summed E-state index contributed by atoms with van der Waals surface area (Å²) in [5, 5.41) is 5.71. The number of rotatable bonds is 4. The summed E-state index contributed by atoms with van der Waals surface area (Å²) in [6, 6.07) is 14.8. The monoisotopic (exact) mass is 449 g/mol. The Morgan fingerprint density at radius 1 is 1.00 bits per heavy atom. The number of carbonyl (C=O) groups excluding carboxylic acids is 3. The maximum absolute atomic E-state index is 12.9. The number of esters is 1. The van der Waals surface area contributed by atoms with Crippen molar-refractivity contribution in [2.45, 2.75) is 6.61 Å². The Balaban J connectivity index is 1.39. The third-order valence-electron chi connectivity index (χ3n) is 4.92. The summed E-state index contributed by atoms with van der Waals surface area (Å²) in [4.78, 5) is 39.2. The lowest BCUT2D eigenvalue weighted by Crippen LogP contribution is -2.22. The van der Waals surface area contributed by atoms with Crippen LogP contribution in [0.1, 0.15) is 47.9 Å². The molecule has 0 N–H and O–H groups in total. The standard InChI is InChI=1S/C23H12ClNO5S/c24-20-16(23(28)29-11-12-10-17(30-25-12)18-6-3-9-31-18)8-7-15-19(20)22(27)14-5-2-1-4-13(14)21(15)26/h1-10H,11H2.